The smallest absolute Gasteiger partial charge is 0.266 e. The maximum absolute atomic E-state index is 14.1. The number of anilines is 1. The minimum atomic E-state index is -0.186. The molecule has 178 valence electrons. The maximum atomic E-state index is 14.1. The molecule has 4 rings (SSSR count). The van der Waals surface area contributed by atoms with E-state index in [-0.39, 0.29) is 5.91 Å². The molecule has 0 bridgehead atoms. The Morgan fingerprint density at radius 3 is 2.50 bits per heavy atom. The van der Waals surface area contributed by atoms with Gasteiger partial charge in [-0.25, -0.2) is 4.98 Å². The lowest BCUT2D eigenvalue weighted by Crippen LogP contribution is -2.39. The van der Waals surface area contributed by atoms with E-state index in [0.717, 1.165) is 35.4 Å². The summed E-state index contributed by atoms with van der Waals surface area (Å²) in [6, 6.07) is 11.5. The molecule has 0 aliphatic rings. The van der Waals surface area contributed by atoms with Gasteiger partial charge in [-0.3, -0.25) is 9.69 Å². The summed E-state index contributed by atoms with van der Waals surface area (Å²) < 4.78 is 6.55. The molecule has 0 saturated carbocycles. The van der Waals surface area contributed by atoms with Crippen LogP contribution in [-0.4, -0.2) is 47.1 Å². The molecule has 0 saturated heterocycles. The van der Waals surface area contributed by atoms with Gasteiger partial charge in [0.2, 0.25) is 0 Å². The summed E-state index contributed by atoms with van der Waals surface area (Å²) in [5, 5.41) is 5.40. The Labute approximate surface area is 209 Å². The quantitative estimate of drug-likeness (QED) is 0.278. The van der Waals surface area contributed by atoms with Gasteiger partial charge in [0.25, 0.3) is 5.91 Å². The molecule has 0 fully saturated rings. The highest BCUT2D eigenvalue weighted by Gasteiger charge is 2.30. The highest BCUT2D eigenvalue weighted by molar-refractivity contribution is 7.22. The molecule has 8 heteroatoms. The molecule has 2 heterocycles. The third-order valence-electron chi connectivity index (χ3n) is 6.29. The topological polar surface area (TPSA) is 62.5 Å². The zero-order valence-electron chi connectivity index (χ0n) is 20.2. The van der Waals surface area contributed by atoms with Crippen molar-refractivity contribution in [3.8, 4) is 11.3 Å². The minimum absolute atomic E-state index is 0.186. The van der Waals surface area contributed by atoms with Crippen LogP contribution in [0.4, 0.5) is 5.13 Å². The third kappa shape index (κ3) is 4.60. The first-order valence-corrected chi connectivity index (χ1v) is 12.7. The Balaban J connectivity index is 1.81. The second kappa shape index (κ2) is 10.3. The van der Waals surface area contributed by atoms with E-state index < -0.39 is 0 Å². The van der Waals surface area contributed by atoms with Crippen LogP contribution in [0.15, 0.2) is 40.9 Å². The first-order chi connectivity index (χ1) is 16.3. The van der Waals surface area contributed by atoms with Gasteiger partial charge in [-0.2, -0.15) is 0 Å². The largest absolute Gasteiger partial charge is 0.360 e. The Morgan fingerprint density at radius 2 is 1.79 bits per heavy atom. The van der Waals surface area contributed by atoms with E-state index >= 15 is 0 Å². The molecule has 0 aliphatic heterocycles. The Bertz CT molecular complexity index is 1330. The number of rotatable bonds is 8. The molecule has 0 N–H and O–H groups in total. The molecular formula is C26H29ClN4O2S. The van der Waals surface area contributed by atoms with Crippen molar-refractivity contribution in [2.24, 2.45) is 0 Å². The lowest BCUT2D eigenvalue weighted by molar-refractivity contribution is 0.0983. The predicted octanol–water partition coefficient (Wildman–Crippen LogP) is 6.52. The summed E-state index contributed by atoms with van der Waals surface area (Å²) >= 11 is 7.97. The van der Waals surface area contributed by atoms with Crippen molar-refractivity contribution in [3.63, 3.8) is 0 Å². The molecule has 0 atom stereocenters. The molecule has 0 unspecified atom stereocenters. The molecule has 0 aliphatic carbocycles. The number of carbonyl (C=O) groups is 1. The van der Waals surface area contributed by atoms with Crippen LogP contribution in [0.1, 0.15) is 41.1 Å². The van der Waals surface area contributed by atoms with Crippen molar-refractivity contribution >= 4 is 44.2 Å². The van der Waals surface area contributed by atoms with Gasteiger partial charge < -0.3 is 9.42 Å². The summed E-state index contributed by atoms with van der Waals surface area (Å²) in [6.45, 7) is 13.2. The third-order valence-corrected chi connectivity index (χ3v) is 7.66. The van der Waals surface area contributed by atoms with Gasteiger partial charge in [0.15, 0.2) is 5.13 Å². The fourth-order valence-electron chi connectivity index (χ4n) is 3.99. The van der Waals surface area contributed by atoms with Crippen LogP contribution in [0.2, 0.25) is 5.02 Å². The van der Waals surface area contributed by atoms with Crippen molar-refractivity contribution in [2.45, 2.75) is 34.6 Å². The van der Waals surface area contributed by atoms with Gasteiger partial charge >= 0.3 is 0 Å². The lowest BCUT2D eigenvalue weighted by Gasteiger charge is -2.24. The van der Waals surface area contributed by atoms with Gasteiger partial charge in [0.05, 0.1) is 15.2 Å². The highest BCUT2D eigenvalue weighted by Crippen LogP contribution is 2.35. The molecule has 34 heavy (non-hydrogen) atoms. The summed E-state index contributed by atoms with van der Waals surface area (Å²) in [5.41, 5.74) is 4.79. The number of hydrogen-bond donors (Lipinski definition) is 0. The van der Waals surface area contributed by atoms with Gasteiger partial charge in [-0.1, -0.05) is 66.2 Å². The fraction of sp³-hybridized carbons (Fsp3) is 0.346. The van der Waals surface area contributed by atoms with Crippen LogP contribution in [0, 0.1) is 20.8 Å². The van der Waals surface area contributed by atoms with E-state index in [2.05, 4.69) is 49.9 Å². The van der Waals surface area contributed by atoms with E-state index in [4.69, 9.17) is 21.1 Å². The van der Waals surface area contributed by atoms with Gasteiger partial charge in [-0.15, -0.1) is 0 Å². The Kier molecular flexibility index (Phi) is 7.36. The molecule has 0 spiro atoms. The maximum Gasteiger partial charge on any atom is 0.266 e. The van der Waals surface area contributed by atoms with Crippen LogP contribution in [0.25, 0.3) is 21.5 Å². The van der Waals surface area contributed by atoms with Crippen LogP contribution >= 0.6 is 22.9 Å². The standard InChI is InChI=1S/C26H29ClN4O2S/c1-6-30(7-2)14-15-31(26-28-23-17(4)16(3)12-13-21(23)34-26)25(32)22-18(5)33-29-24(22)19-10-8-9-11-20(19)27/h8-13H,6-7,14-15H2,1-5H3. The number of amides is 1. The average molecular weight is 497 g/mol. The van der Waals surface area contributed by atoms with E-state index in [0.29, 0.717) is 39.3 Å². The predicted molar refractivity (Wildman–Crippen MR) is 140 cm³/mol. The summed E-state index contributed by atoms with van der Waals surface area (Å²) in [7, 11) is 0. The SMILES string of the molecule is CCN(CC)CCN(C(=O)c1c(-c2ccccc2Cl)noc1C)c1nc2c(C)c(C)ccc2s1. The Morgan fingerprint density at radius 1 is 1.06 bits per heavy atom. The number of thiazole rings is 1. The molecule has 6 nitrogen and oxygen atoms in total. The molecule has 4 aromatic rings. The van der Waals surface area contributed by atoms with E-state index in [9.17, 15) is 4.79 Å². The zero-order valence-corrected chi connectivity index (χ0v) is 21.8. The van der Waals surface area contributed by atoms with Gasteiger partial charge in [-0.05, 0) is 57.1 Å². The first-order valence-electron chi connectivity index (χ1n) is 11.5. The second-order valence-corrected chi connectivity index (χ2v) is 9.69. The van der Waals surface area contributed by atoms with Crippen LogP contribution in [-0.2, 0) is 0 Å². The van der Waals surface area contributed by atoms with Crippen molar-refractivity contribution < 1.29 is 9.32 Å². The summed E-state index contributed by atoms with van der Waals surface area (Å²) in [5.74, 6) is 0.273. The number of aromatic nitrogens is 2. The average Bonchev–Trinajstić information content (AvgIpc) is 3.43. The van der Waals surface area contributed by atoms with Crippen molar-refractivity contribution in [2.75, 3.05) is 31.1 Å². The molecule has 1 amide bonds. The number of benzene rings is 2. The number of halogens is 1. The summed E-state index contributed by atoms with van der Waals surface area (Å²) in [6.07, 6.45) is 0. The van der Waals surface area contributed by atoms with Crippen molar-refractivity contribution in [1.29, 1.82) is 0 Å². The normalized spacial score (nSPS) is 11.5. The first kappa shape index (κ1) is 24.4. The Hall–Kier alpha value is -2.74. The van der Waals surface area contributed by atoms with Crippen LogP contribution in [0.5, 0.6) is 0 Å². The van der Waals surface area contributed by atoms with Crippen molar-refractivity contribution in [3.05, 3.63) is 63.9 Å². The van der Waals surface area contributed by atoms with Gasteiger partial charge in [0.1, 0.15) is 17.0 Å². The number of aryl methyl sites for hydroxylation is 3. The highest BCUT2D eigenvalue weighted by atomic mass is 35.5. The molecule has 2 aromatic heterocycles. The fourth-order valence-corrected chi connectivity index (χ4v) is 5.27. The molecular weight excluding hydrogens is 468 g/mol. The van der Waals surface area contributed by atoms with Crippen LogP contribution in [0.3, 0.4) is 0 Å². The number of carbonyl (C=O) groups excluding carboxylic acids is 1. The molecule has 2 aromatic carbocycles. The lowest BCUT2D eigenvalue weighted by atomic mass is 10.1. The van der Waals surface area contributed by atoms with E-state index in [1.807, 2.05) is 18.2 Å². The van der Waals surface area contributed by atoms with E-state index in [1.165, 1.54) is 16.9 Å². The van der Waals surface area contributed by atoms with Crippen LogP contribution < -0.4 is 4.90 Å². The number of likely N-dealkylation sites (N-methyl/N-ethyl adjacent to an activating group) is 1. The zero-order chi connectivity index (χ0) is 24.4. The number of hydrogen-bond acceptors (Lipinski definition) is 6. The van der Waals surface area contributed by atoms with E-state index in [1.54, 1.807) is 17.9 Å². The number of nitrogens with zero attached hydrogens (tertiary/aromatic N) is 4. The summed E-state index contributed by atoms with van der Waals surface area (Å²) in [4.78, 5) is 23.0. The second-order valence-electron chi connectivity index (χ2n) is 8.28. The molecule has 0 radical (unpaired) electrons. The minimum Gasteiger partial charge on any atom is -0.360 e. The van der Waals surface area contributed by atoms with Crippen molar-refractivity contribution in [1.82, 2.24) is 15.0 Å². The monoisotopic (exact) mass is 496 g/mol. The van der Waals surface area contributed by atoms with Gasteiger partial charge in [0, 0.05) is 18.7 Å². The number of fused-ring (bicyclic) bond motifs is 1.